The summed E-state index contributed by atoms with van der Waals surface area (Å²) in [6.07, 6.45) is 0. The summed E-state index contributed by atoms with van der Waals surface area (Å²) in [5.41, 5.74) is 10.2. The van der Waals surface area contributed by atoms with Crippen LogP contribution in [0.5, 0.6) is 0 Å². The van der Waals surface area contributed by atoms with E-state index in [2.05, 4.69) is 60.7 Å². The maximum atomic E-state index is 6.65. The molecule has 0 unspecified atom stereocenters. The van der Waals surface area contributed by atoms with Crippen molar-refractivity contribution in [3.05, 3.63) is 170 Å². The van der Waals surface area contributed by atoms with Gasteiger partial charge < -0.3 is 13.3 Å². The molecule has 0 atom stereocenters. The molecule has 4 heterocycles. The quantitative estimate of drug-likeness (QED) is 0.174. The number of aromatic nitrogens is 4. The van der Waals surface area contributed by atoms with Crippen molar-refractivity contribution in [2.45, 2.75) is 0 Å². The third-order valence-corrected chi connectivity index (χ3v) is 10.8. The van der Waals surface area contributed by atoms with Crippen molar-refractivity contribution in [3.8, 4) is 56.7 Å². The van der Waals surface area contributed by atoms with Crippen molar-refractivity contribution in [1.82, 2.24) is 19.9 Å². The Morgan fingerprint density at radius 1 is 0.316 bits per heavy atom. The number of furan rings is 2. The molecule has 57 heavy (non-hydrogen) atoms. The lowest BCUT2D eigenvalue weighted by Crippen LogP contribution is -2.00. The van der Waals surface area contributed by atoms with E-state index in [1.165, 1.54) is 0 Å². The summed E-state index contributed by atoms with van der Waals surface area (Å²) in [7, 11) is 0. The Morgan fingerprint density at radius 3 is 1.70 bits per heavy atom. The predicted octanol–water partition coefficient (Wildman–Crippen LogP) is 13.3. The van der Waals surface area contributed by atoms with Crippen molar-refractivity contribution < 1.29 is 13.3 Å². The zero-order chi connectivity index (χ0) is 37.5. The number of nitrogens with zero attached hydrogens (tertiary/aromatic N) is 4. The molecule has 0 amide bonds. The molecular weight excluding hydrogens is 705 g/mol. The Bertz CT molecular complexity index is 3510. The predicted molar refractivity (Wildman–Crippen MR) is 227 cm³/mol. The van der Waals surface area contributed by atoms with Gasteiger partial charge in [-0.25, -0.2) is 19.9 Å². The first kappa shape index (κ1) is 31.5. The van der Waals surface area contributed by atoms with E-state index in [9.17, 15) is 0 Å². The Balaban J connectivity index is 1.07. The summed E-state index contributed by atoms with van der Waals surface area (Å²) in [5, 5.41) is 5.96. The molecule has 0 bridgehead atoms. The molecule has 0 aliphatic rings. The lowest BCUT2D eigenvalue weighted by atomic mass is 9.97. The van der Waals surface area contributed by atoms with Crippen LogP contribution in [0.4, 0.5) is 0 Å². The maximum absolute atomic E-state index is 6.65. The highest BCUT2D eigenvalue weighted by molar-refractivity contribution is 6.28. The van der Waals surface area contributed by atoms with Crippen LogP contribution in [0.1, 0.15) is 0 Å². The first-order valence-electron chi connectivity index (χ1n) is 18.8. The number of benzene rings is 8. The van der Waals surface area contributed by atoms with Crippen LogP contribution in [0.25, 0.3) is 122 Å². The zero-order valence-electron chi connectivity index (χ0n) is 30.2. The summed E-state index contributed by atoms with van der Waals surface area (Å²) in [5.74, 6) is 2.19. The van der Waals surface area contributed by atoms with Gasteiger partial charge in [-0.1, -0.05) is 133 Å². The van der Waals surface area contributed by atoms with Gasteiger partial charge in [0, 0.05) is 54.7 Å². The van der Waals surface area contributed by atoms with Crippen LogP contribution in [-0.2, 0) is 0 Å². The zero-order valence-corrected chi connectivity index (χ0v) is 30.2. The van der Waals surface area contributed by atoms with Gasteiger partial charge in [0.25, 0.3) is 0 Å². The number of para-hydroxylation sites is 3. The fraction of sp³-hybridized carbons (Fsp3) is 0. The highest BCUT2D eigenvalue weighted by Crippen LogP contribution is 2.44. The van der Waals surface area contributed by atoms with Crippen LogP contribution < -0.4 is 0 Å². The first-order valence-corrected chi connectivity index (χ1v) is 18.8. The molecule has 7 heteroatoms. The van der Waals surface area contributed by atoms with Crippen LogP contribution in [0.15, 0.2) is 183 Å². The highest BCUT2D eigenvalue weighted by atomic mass is 16.4. The van der Waals surface area contributed by atoms with Crippen LogP contribution in [0.2, 0.25) is 0 Å². The average Bonchev–Trinajstić information content (AvgIpc) is 4.00. The summed E-state index contributed by atoms with van der Waals surface area (Å²) >= 11 is 0. The van der Waals surface area contributed by atoms with Gasteiger partial charge >= 0.3 is 0 Å². The molecule has 266 valence electrons. The number of hydrogen-bond donors (Lipinski definition) is 0. The number of oxazole rings is 1. The third kappa shape index (κ3) is 4.99. The van der Waals surface area contributed by atoms with E-state index >= 15 is 0 Å². The van der Waals surface area contributed by atoms with Crippen molar-refractivity contribution in [1.29, 1.82) is 0 Å². The fourth-order valence-electron chi connectivity index (χ4n) is 8.10. The van der Waals surface area contributed by atoms with Gasteiger partial charge in [-0.15, -0.1) is 0 Å². The van der Waals surface area contributed by atoms with Gasteiger partial charge in [-0.05, 0) is 47.3 Å². The summed E-state index contributed by atoms with van der Waals surface area (Å²) in [4.78, 5) is 20.3. The molecule has 0 N–H and O–H groups in total. The van der Waals surface area contributed by atoms with Gasteiger partial charge in [0.1, 0.15) is 27.8 Å². The molecule has 0 aliphatic carbocycles. The monoisotopic (exact) mass is 732 g/mol. The van der Waals surface area contributed by atoms with E-state index in [0.717, 1.165) is 88.0 Å². The Hall–Kier alpha value is -7.90. The van der Waals surface area contributed by atoms with Crippen molar-refractivity contribution in [2.24, 2.45) is 0 Å². The second-order valence-electron chi connectivity index (χ2n) is 14.1. The van der Waals surface area contributed by atoms with Gasteiger partial charge in [-0.3, -0.25) is 0 Å². The average molecular weight is 733 g/mol. The molecule has 0 saturated carbocycles. The number of rotatable bonds is 5. The molecule has 8 aromatic carbocycles. The molecule has 4 aromatic heterocycles. The van der Waals surface area contributed by atoms with Crippen LogP contribution >= 0.6 is 0 Å². The fourth-order valence-corrected chi connectivity index (χ4v) is 8.10. The third-order valence-electron chi connectivity index (χ3n) is 10.8. The standard InChI is InChI=1S/C50H28N4O3/c1-3-12-30(13-4-1)47-52-48(31-24-22-29(23-25-31)33-18-11-19-36-34-16-7-9-20-40(34)56-45(33)36)54-49(53-47)38-28-42-43(37-17-8-10-21-41(37)55-42)44-35(38)26-27-39-46(44)57-50(51-39)32-14-5-2-6-15-32/h1-28H. The van der Waals surface area contributed by atoms with Gasteiger partial charge in [0.05, 0.1) is 0 Å². The molecule has 7 nitrogen and oxygen atoms in total. The Labute approximate surface area is 324 Å². The molecule has 0 saturated heterocycles. The first-order chi connectivity index (χ1) is 28.2. The molecule has 0 aliphatic heterocycles. The van der Waals surface area contributed by atoms with E-state index in [0.29, 0.717) is 34.5 Å². The largest absolute Gasteiger partial charge is 0.456 e. The Kier molecular flexibility index (Phi) is 6.79. The molecule has 0 spiro atoms. The van der Waals surface area contributed by atoms with E-state index in [-0.39, 0.29) is 0 Å². The highest BCUT2D eigenvalue weighted by Gasteiger charge is 2.23. The minimum atomic E-state index is 0.518. The van der Waals surface area contributed by atoms with Gasteiger partial charge in [0.15, 0.2) is 23.1 Å². The number of fused-ring (bicyclic) bond motifs is 10. The van der Waals surface area contributed by atoms with Crippen molar-refractivity contribution in [2.75, 3.05) is 0 Å². The van der Waals surface area contributed by atoms with E-state index < -0.39 is 0 Å². The SMILES string of the molecule is c1ccc(-c2nc(-c3ccc(-c4cccc5c4oc4ccccc45)cc3)nc(-c3cc4oc5ccccc5c4c4c3ccc3nc(-c5ccccc5)oc34)n2)cc1. The second-order valence-corrected chi connectivity index (χ2v) is 14.1. The van der Waals surface area contributed by atoms with Crippen molar-refractivity contribution >= 4 is 65.7 Å². The maximum Gasteiger partial charge on any atom is 0.227 e. The second kappa shape index (κ2) is 12.3. The van der Waals surface area contributed by atoms with E-state index in [1.807, 2.05) is 109 Å². The molecule has 12 rings (SSSR count). The van der Waals surface area contributed by atoms with Crippen LogP contribution in [-0.4, -0.2) is 19.9 Å². The van der Waals surface area contributed by atoms with E-state index in [1.54, 1.807) is 0 Å². The molecule has 0 radical (unpaired) electrons. The lowest BCUT2D eigenvalue weighted by molar-refractivity contribution is 0.623. The lowest BCUT2D eigenvalue weighted by Gasteiger charge is -2.11. The normalized spacial score (nSPS) is 11.9. The smallest absolute Gasteiger partial charge is 0.227 e. The van der Waals surface area contributed by atoms with Crippen molar-refractivity contribution in [3.63, 3.8) is 0 Å². The number of hydrogen-bond acceptors (Lipinski definition) is 7. The van der Waals surface area contributed by atoms with Crippen LogP contribution in [0, 0.1) is 0 Å². The Morgan fingerprint density at radius 2 is 0.930 bits per heavy atom. The summed E-state index contributed by atoms with van der Waals surface area (Å²) in [6.45, 7) is 0. The minimum absolute atomic E-state index is 0.518. The van der Waals surface area contributed by atoms with Gasteiger partial charge in [-0.2, -0.15) is 0 Å². The molecular formula is C50H28N4O3. The van der Waals surface area contributed by atoms with Gasteiger partial charge in [0.2, 0.25) is 5.89 Å². The minimum Gasteiger partial charge on any atom is -0.456 e. The topological polar surface area (TPSA) is 91.0 Å². The summed E-state index contributed by atoms with van der Waals surface area (Å²) < 4.78 is 19.6. The van der Waals surface area contributed by atoms with E-state index in [4.69, 9.17) is 33.2 Å². The molecule has 0 fully saturated rings. The summed E-state index contributed by atoms with van der Waals surface area (Å²) in [6, 6.07) is 57.0. The van der Waals surface area contributed by atoms with Crippen LogP contribution in [0.3, 0.4) is 0 Å². The molecule has 12 aromatic rings.